The van der Waals surface area contributed by atoms with Gasteiger partial charge in [0.25, 0.3) is 0 Å². The Labute approximate surface area is 312 Å². The highest BCUT2D eigenvalue weighted by atomic mass is 32.2. The summed E-state index contributed by atoms with van der Waals surface area (Å²) < 4.78 is 5.20. The Morgan fingerprint density at radius 3 is 1.88 bits per heavy atom. The van der Waals surface area contributed by atoms with Crippen LogP contribution in [0.5, 0.6) is 0 Å². The minimum atomic E-state index is -0.138. The minimum absolute atomic E-state index is 0.0512. The van der Waals surface area contributed by atoms with E-state index in [0.29, 0.717) is 0 Å². The zero-order valence-corrected chi connectivity index (χ0v) is 31.9. The molecular weight excluding hydrogens is 647 g/mol. The van der Waals surface area contributed by atoms with Crippen molar-refractivity contribution in [2.45, 2.75) is 100 Å². The number of rotatable bonds is 2. The van der Waals surface area contributed by atoms with E-state index in [9.17, 15) is 0 Å². The summed E-state index contributed by atoms with van der Waals surface area (Å²) in [6.07, 6.45) is 8.49. The van der Waals surface area contributed by atoms with Crippen LogP contribution in [0.1, 0.15) is 93.1 Å². The van der Waals surface area contributed by atoms with E-state index >= 15 is 0 Å². The van der Waals surface area contributed by atoms with Crippen LogP contribution in [0.15, 0.2) is 107 Å². The van der Waals surface area contributed by atoms with Gasteiger partial charge in [-0.3, -0.25) is 0 Å². The topological polar surface area (TPSA) is 9.86 Å². The Morgan fingerprint density at radius 2 is 1.19 bits per heavy atom. The first-order valence-corrected chi connectivity index (χ1v) is 20.4. The SMILES string of the molecule is CC(C)(C)c1cc2c3c(c1)C(C)(C)c1cc(-n4c5c(c6ccccc64)CCC5)ccc1B3c1ccc(-n3c4c(c5ccccc53)CCCC4)cc1S2. The summed E-state index contributed by atoms with van der Waals surface area (Å²) in [4.78, 5) is 2.84. The van der Waals surface area contributed by atoms with Crippen LogP contribution in [0.3, 0.4) is 0 Å². The number of benzene rings is 5. The molecule has 2 nitrogen and oxygen atoms in total. The van der Waals surface area contributed by atoms with Crippen molar-refractivity contribution in [3.63, 3.8) is 0 Å². The molecule has 4 heteroatoms. The molecule has 4 heterocycles. The highest BCUT2D eigenvalue weighted by Gasteiger charge is 2.45. The molecule has 0 unspecified atom stereocenters. The fraction of sp³-hybridized carbons (Fsp3) is 0.292. The van der Waals surface area contributed by atoms with E-state index in [4.69, 9.17) is 0 Å². The van der Waals surface area contributed by atoms with E-state index in [1.165, 1.54) is 120 Å². The van der Waals surface area contributed by atoms with Crippen molar-refractivity contribution in [3.8, 4) is 11.4 Å². The van der Waals surface area contributed by atoms with E-state index in [1.807, 2.05) is 11.8 Å². The third-order valence-corrected chi connectivity index (χ3v) is 14.3. The second-order valence-corrected chi connectivity index (χ2v) is 18.5. The molecule has 256 valence electrons. The van der Waals surface area contributed by atoms with E-state index in [2.05, 4.69) is 141 Å². The van der Waals surface area contributed by atoms with Gasteiger partial charge in [0.2, 0.25) is 6.71 Å². The Morgan fingerprint density at radius 1 is 0.596 bits per heavy atom. The second kappa shape index (κ2) is 10.8. The molecule has 0 radical (unpaired) electrons. The van der Waals surface area contributed by atoms with Gasteiger partial charge in [-0.05, 0) is 121 Å². The van der Waals surface area contributed by atoms with Crippen molar-refractivity contribution >= 4 is 56.7 Å². The Balaban J connectivity index is 1.14. The summed E-state index contributed by atoms with van der Waals surface area (Å²) in [5.74, 6) is 0. The van der Waals surface area contributed by atoms with Gasteiger partial charge in [0.05, 0.1) is 11.0 Å². The molecule has 7 aromatic rings. The van der Waals surface area contributed by atoms with Crippen LogP contribution < -0.4 is 16.4 Å². The number of hydrogen-bond acceptors (Lipinski definition) is 1. The summed E-state index contributed by atoms with van der Waals surface area (Å²) in [7, 11) is 0. The second-order valence-electron chi connectivity index (χ2n) is 17.5. The Kier molecular flexibility index (Phi) is 6.48. The standard InChI is InChI=1S/C48H45BN2S/c1-47(2,3)29-25-37-46-45(26-29)52-44-28-31(51-41-18-10-6-13-32(41)33-14-7-11-19-42(33)51)22-24-39(44)49(46)38-23-21-30(27-36(38)48(37,4)5)50-40-17-9-8-15-34(40)35-16-12-20-43(35)50/h6,8-10,13,15,17-18,21-28H,7,11-12,14,16,19-20H2,1-5H3. The average molecular weight is 693 g/mol. The van der Waals surface area contributed by atoms with E-state index in [0.717, 1.165) is 12.8 Å². The Bertz CT molecular complexity index is 2660. The fourth-order valence-corrected chi connectivity index (χ4v) is 11.8. The van der Waals surface area contributed by atoms with Gasteiger partial charge in [0.15, 0.2) is 0 Å². The van der Waals surface area contributed by atoms with Gasteiger partial charge in [-0.15, -0.1) is 0 Å². The van der Waals surface area contributed by atoms with Gasteiger partial charge < -0.3 is 9.13 Å². The van der Waals surface area contributed by atoms with Gasteiger partial charge in [0, 0.05) is 48.7 Å². The van der Waals surface area contributed by atoms with Crippen LogP contribution >= 0.6 is 11.8 Å². The molecular formula is C48H45BN2S. The predicted octanol–water partition coefficient (Wildman–Crippen LogP) is 9.86. The molecule has 0 atom stereocenters. The molecule has 2 aliphatic heterocycles. The van der Waals surface area contributed by atoms with Crippen molar-refractivity contribution in [2.75, 3.05) is 0 Å². The summed E-state index contributed by atoms with van der Waals surface area (Å²) in [6.45, 7) is 12.3. The first-order chi connectivity index (χ1) is 25.2. The van der Waals surface area contributed by atoms with Crippen LogP contribution in [0, 0.1) is 0 Å². The van der Waals surface area contributed by atoms with Crippen LogP contribution in [0.25, 0.3) is 33.2 Å². The molecule has 4 aliphatic rings. The normalized spacial score (nSPS) is 16.8. The summed E-state index contributed by atoms with van der Waals surface area (Å²) in [5.41, 5.74) is 20.2. The van der Waals surface area contributed by atoms with Crippen LogP contribution in [-0.4, -0.2) is 15.8 Å². The molecule has 2 aromatic heterocycles. The quantitative estimate of drug-likeness (QED) is 0.164. The van der Waals surface area contributed by atoms with Crippen molar-refractivity contribution < 1.29 is 0 Å². The fourth-order valence-electron chi connectivity index (χ4n) is 10.6. The minimum Gasteiger partial charge on any atom is -0.313 e. The van der Waals surface area contributed by atoms with Crippen molar-refractivity contribution in [2.24, 2.45) is 0 Å². The monoisotopic (exact) mass is 692 g/mol. The third-order valence-electron chi connectivity index (χ3n) is 13.1. The van der Waals surface area contributed by atoms with Crippen LogP contribution in [0.2, 0.25) is 0 Å². The third kappa shape index (κ3) is 4.22. The molecule has 0 saturated carbocycles. The highest BCUT2D eigenvalue weighted by Crippen LogP contribution is 2.44. The van der Waals surface area contributed by atoms with Gasteiger partial charge in [-0.1, -0.05) is 117 Å². The lowest BCUT2D eigenvalue weighted by atomic mass is 9.31. The Hall–Kier alpha value is -4.41. The molecule has 0 bridgehead atoms. The van der Waals surface area contributed by atoms with Gasteiger partial charge in [0.1, 0.15) is 0 Å². The first kappa shape index (κ1) is 31.2. The molecule has 52 heavy (non-hydrogen) atoms. The zero-order valence-electron chi connectivity index (χ0n) is 31.1. The number of nitrogens with zero attached hydrogens (tertiary/aromatic N) is 2. The molecule has 0 fully saturated rings. The lowest BCUT2D eigenvalue weighted by Gasteiger charge is -2.43. The lowest BCUT2D eigenvalue weighted by Crippen LogP contribution is -2.63. The molecule has 11 rings (SSSR count). The van der Waals surface area contributed by atoms with E-state index in [-0.39, 0.29) is 17.5 Å². The molecule has 2 aliphatic carbocycles. The average Bonchev–Trinajstić information content (AvgIpc) is 3.84. The van der Waals surface area contributed by atoms with Crippen molar-refractivity contribution in [1.29, 1.82) is 0 Å². The smallest absolute Gasteiger partial charge is 0.244 e. The molecule has 0 amide bonds. The van der Waals surface area contributed by atoms with Crippen LogP contribution in [0.4, 0.5) is 0 Å². The number of fused-ring (bicyclic) bond motifs is 10. The summed E-state index contributed by atoms with van der Waals surface area (Å²) >= 11 is 2.01. The first-order valence-electron chi connectivity index (χ1n) is 19.6. The molecule has 5 aromatic carbocycles. The van der Waals surface area contributed by atoms with Crippen molar-refractivity contribution in [1.82, 2.24) is 9.13 Å². The van der Waals surface area contributed by atoms with Gasteiger partial charge in [-0.25, -0.2) is 0 Å². The molecule has 0 saturated heterocycles. The number of aryl methyl sites for hydroxylation is 2. The van der Waals surface area contributed by atoms with Gasteiger partial charge in [-0.2, -0.15) is 0 Å². The molecule has 0 spiro atoms. The van der Waals surface area contributed by atoms with Crippen molar-refractivity contribution in [3.05, 3.63) is 136 Å². The molecule has 0 N–H and O–H groups in total. The zero-order chi connectivity index (χ0) is 35.1. The maximum absolute atomic E-state index is 2.60. The number of para-hydroxylation sites is 2. The maximum Gasteiger partial charge on any atom is 0.244 e. The van der Waals surface area contributed by atoms with Gasteiger partial charge >= 0.3 is 0 Å². The predicted molar refractivity (Wildman–Crippen MR) is 221 cm³/mol. The summed E-state index contributed by atoms with van der Waals surface area (Å²) in [5, 5.41) is 2.87. The van der Waals surface area contributed by atoms with E-state index < -0.39 is 0 Å². The number of hydrogen-bond donors (Lipinski definition) is 0. The maximum atomic E-state index is 2.60. The number of aromatic nitrogens is 2. The van der Waals surface area contributed by atoms with E-state index in [1.54, 1.807) is 11.1 Å². The largest absolute Gasteiger partial charge is 0.313 e. The highest BCUT2D eigenvalue weighted by molar-refractivity contribution is 8.00. The van der Waals surface area contributed by atoms with Crippen LogP contribution in [-0.2, 0) is 36.5 Å². The summed E-state index contributed by atoms with van der Waals surface area (Å²) in [6, 6.07) is 38.2. The lowest BCUT2D eigenvalue weighted by molar-refractivity contribution is 0.580.